The van der Waals surface area contributed by atoms with Gasteiger partial charge in [-0.1, -0.05) is 0 Å². The molecule has 2 rings (SSSR count). The number of anilines is 1. The predicted molar refractivity (Wildman–Crippen MR) is 69.3 cm³/mol. The third-order valence-corrected chi connectivity index (χ3v) is 3.13. The van der Waals surface area contributed by atoms with Gasteiger partial charge in [0.05, 0.1) is 6.20 Å². The summed E-state index contributed by atoms with van der Waals surface area (Å²) < 4.78 is 2.91. The van der Waals surface area contributed by atoms with Gasteiger partial charge < -0.3 is 4.90 Å². The van der Waals surface area contributed by atoms with E-state index in [0.717, 1.165) is 28.3 Å². The van der Waals surface area contributed by atoms with Crippen LogP contribution in [-0.4, -0.2) is 27.7 Å². The summed E-state index contributed by atoms with van der Waals surface area (Å²) in [6, 6.07) is 4.02. The van der Waals surface area contributed by atoms with Gasteiger partial charge in [-0.25, -0.2) is 9.50 Å². The first-order chi connectivity index (χ1) is 7.26. The molecule has 2 aromatic rings. The lowest BCUT2D eigenvalue weighted by atomic mass is 10.4. The van der Waals surface area contributed by atoms with Gasteiger partial charge in [-0.05, 0) is 48.6 Å². The molecule has 15 heavy (non-hydrogen) atoms. The molecule has 0 N–H and O–H groups in total. The standard InChI is InChI=1S/C10H13IN4/c1-3-14(4-2)10-6-5-9-12-7-8(11)15(9)13-10/h5-7H,3-4H2,1-2H3. The van der Waals surface area contributed by atoms with Crippen molar-refractivity contribution in [2.24, 2.45) is 0 Å². The fourth-order valence-corrected chi connectivity index (χ4v) is 2.05. The largest absolute Gasteiger partial charge is 0.356 e. The Morgan fingerprint density at radius 2 is 2.07 bits per heavy atom. The second kappa shape index (κ2) is 4.34. The monoisotopic (exact) mass is 316 g/mol. The number of fused-ring (bicyclic) bond motifs is 1. The smallest absolute Gasteiger partial charge is 0.154 e. The lowest BCUT2D eigenvalue weighted by Crippen LogP contribution is -2.23. The molecule has 0 aliphatic rings. The Morgan fingerprint density at radius 3 is 2.73 bits per heavy atom. The lowest BCUT2D eigenvalue weighted by Gasteiger charge is -2.19. The number of hydrogen-bond acceptors (Lipinski definition) is 3. The summed E-state index contributed by atoms with van der Waals surface area (Å²) in [6.45, 7) is 6.21. The van der Waals surface area contributed by atoms with Crippen LogP contribution < -0.4 is 4.90 Å². The number of rotatable bonds is 3. The summed E-state index contributed by atoms with van der Waals surface area (Å²) in [4.78, 5) is 6.46. The highest BCUT2D eigenvalue weighted by molar-refractivity contribution is 14.1. The topological polar surface area (TPSA) is 33.4 Å². The molecule has 0 unspecified atom stereocenters. The van der Waals surface area contributed by atoms with Crippen LogP contribution in [0.1, 0.15) is 13.8 Å². The van der Waals surface area contributed by atoms with Crippen molar-refractivity contribution in [2.75, 3.05) is 18.0 Å². The highest BCUT2D eigenvalue weighted by Crippen LogP contribution is 2.13. The van der Waals surface area contributed by atoms with Crippen molar-refractivity contribution < 1.29 is 0 Å². The zero-order valence-electron chi connectivity index (χ0n) is 8.81. The highest BCUT2D eigenvalue weighted by Gasteiger charge is 2.06. The van der Waals surface area contributed by atoms with Gasteiger partial charge in [0, 0.05) is 13.1 Å². The van der Waals surface area contributed by atoms with Crippen LogP contribution in [0.4, 0.5) is 5.82 Å². The lowest BCUT2D eigenvalue weighted by molar-refractivity contribution is 0.802. The molecule has 0 atom stereocenters. The Kier molecular flexibility index (Phi) is 3.08. The first kappa shape index (κ1) is 10.7. The quantitative estimate of drug-likeness (QED) is 0.814. The van der Waals surface area contributed by atoms with E-state index in [1.807, 2.05) is 22.8 Å². The Balaban J connectivity index is 2.49. The number of hydrogen-bond donors (Lipinski definition) is 0. The summed E-state index contributed by atoms with van der Waals surface area (Å²) in [7, 11) is 0. The molecule has 2 heterocycles. The predicted octanol–water partition coefficient (Wildman–Crippen LogP) is 2.18. The molecule has 0 amide bonds. The van der Waals surface area contributed by atoms with Crippen LogP contribution in [0, 0.1) is 3.70 Å². The maximum atomic E-state index is 4.55. The fraction of sp³-hybridized carbons (Fsp3) is 0.400. The van der Waals surface area contributed by atoms with Gasteiger partial charge in [0.25, 0.3) is 0 Å². The summed E-state index contributed by atoms with van der Waals surface area (Å²) in [6.07, 6.45) is 1.83. The van der Waals surface area contributed by atoms with E-state index in [9.17, 15) is 0 Å². The van der Waals surface area contributed by atoms with Crippen LogP contribution in [0.15, 0.2) is 18.3 Å². The van der Waals surface area contributed by atoms with Crippen molar-refractivity contribution in [2.45, 2.75) is 13.8 Å². The third-order valence-electron chi connectivity index (χ3n) is 2.39. The Hall–Kier alpha value is -0.850. The SMILES string of the molecule is CCN(CC)c1ccc2ncc(I)n2n1. The van der Waals surface area contributed by atoms with Gasteiger partial charge >= 0.3 is 0 Å². The average molecular weight is 316 g/mol. The Bertz CT molecular complexity index is 461. The van der Waals surface area contributed by atoms with Crippen molar-refractivity contribution in [1.29, 1.82) is 0 Å². The molecular weight excluding hydrogens is 303 g/mol. The second-order valence-corrected chi connectivity index (χ2v) is 4.32. The van der Waals surface area contributed by atoms with Crippen molar-refractivity contribution in [3.05, 3.63) is 22.0 Å². The number of imidazole rings is 1. The molecule has 0 aliphatic heterocycles. The molecule has 0 aromatic carbocycles. The van der Waals surface area contributed by atoms with E-state index in [2.05, 4.69) is 51.4 Å². The van der Waals surface area contributed by atoms with Crippen molar-refractivity contribution in [3.63, 3.8) is 0 Å². The zero-order valence-corrected chi connectivity index (χ0v) is 11.0. The number of aromatic nitrogens is 3. The molecular formula is C10H13IN4. The molecule has 0 saturated heterocycles. The van der Waals surface area contributed by atoms with E-state index in [0.29, 0.717) is 0 Å². The molecule has 5 heteroatoms. The molecule has 2 aromatic heterocycles. The summed E-state index contributed by atoms with van der Waals surface area (Å²) in [5, 5.41) is 4.55. The Labute approximate surface area is 102 Å². The van der Waals surface area contributed by atoms with Gasteiger partial charge in [0.2, 0.25) is 0 Å². The van der Waals surface area contributed by atoms with Gasteiger partial charge in [-0.15, -0.1) is 5.10 Å². The van der Waals surface area contributed by atoms with Crippen molar-refractivity contribution >= 4 is 34.1 Å². The van der Waals surface area contributed by atoms with E-state index in [1.54, 1.807) is 0 Å². The van der Waals surface area contributed by atoms with Crippen LogP contribution in [0.5, 0.6) is 0 Å². The van der Waals surface area contributed by atoms with Crippen LogP contribution >= 0.6 is 22.6 Å². The van der Waals surface area contributed by atoms with Gasteiger partial charge in [0.1, 0.15) is 9.52 Å². The van der Waals surface area contributed by atoms with Gasteiger partial charge in [0.15, 0.2) is 5.65 Å². The minimum Gasteiger partial charge on any atom is -0.356 e. The van der Waals surface area contributed by atoms with E-state index in [-0.39, 0.29) is 0 Å². The zero-order chi connectivity index (χ0) is 10.8. The fourth-order valence-electron chi connectivity index (χ4n) is 1.55. The van der Waals surface area contributed by atoms with Crippen LogP contribution in [0.25, 0.3) is 5.65 Å². The minimum atomic E-state index is 0.898. The van der Waals surface area contributed by atoms with Gasteiger partial charge in [-0.3, -0.25) is 0 Å². The molecule has 4 nitrogen and oxygen atoms in total. The van der Waals surface area contributed by atoms with E-state index in [4.69, 9.17) is 0 Å². The second-order valence-electron chi connectivity index (χ2n) is 3.21. The maximum Gasteiger partial charge on any atom is 0.154 e. The molecule has 80 valence electrons. The molecule has 0 bridgehead atoms. The average Bonchev–Trinajstić information content (AvgIpc) is 2.62. The first-order valence-corrected chi connectivity index (χ1v) is 6.09. The molecule has 0 spiro atoms. The van der Waals surface area contributed by atoms with Crippen LogP contribution in [0.2, 0.25) is 0 Å². The van der Waals surface area contributed by atoms with Crippen LogP contribution in [0.3, 0.4) is 0 Å². The highest BCUT2D eigenvalue weighted by atomic mass is 127. The molecule has 0 fully saturated rings. The number of nitrogens with zero attached hydrogens (tertiary/aromatic N) is 4. The maximum absolute atomic E-state index is 4.55. The van der Waals surface area contributed by atoms with Crippen LogP contribution in [-0.2, 0) is 0 Å². The molecule has 0 radical (unpaired) electrons. The van der Waals surface area contributed by atoms with E-state index < -0.39 is 0 Å². The summed E-state index contributed by atoms with van der Waals surface area (Å²) in [5.41, 5.74) is 0.898. The minimum absolute atomic E-state index is 0.898. The molecule has 0 aliphatic carbocycles. The number of halogens is 1. The van der Waals surface area contributed by atoms with Crippen molar-refractivity contribution in [1.82, 2.24) is 14.6 Å². The first-order valence-electron chi connectivity index (χ1n) is 5.01. The van der Waals surface area contributed by atoms with E-state index >= 15 is 0 Å². The third kappa shape index (κ3) is 1.92. The van der Waals surface area contributed by atoms with Gasteiger partial charge in [-0.2, -0.15) is 0 Å². The Morgan fingerprint density at radius 1 is 1.33 bits per heavy atom. The summed E-state index contributed by atoms with van der Waals surface area (Å²) >= 11 is 2.24. The van der Waals surface area contributed by atoms with E-state index in [1.165, 1.54) is 0 Å². The van der Waals surface area contributed by atoms with Crippen molar-refractivity contribution in [3.8, 4) is 0 Å². The molecule has 0 saturated carbocycles. The summed E-state index contributed by atoms with van der Waals surface area (Å²) in [5.74, 6) is 1.00. The normalized spacial score (nSPS) is 10.9.